The molecule has 0 radical (unpaired) electrons. The number of aliphatic hydroxyl groups is 2. The summed E-state index contributed by atoms with van der Waals surface area (Å²) in [5.74, 6) is -1.67. The van der Waals surface area contributed by atoms with Gasteiger partial charge >= 0.3 is 11.9 Å². The molecule has 1 aliphatic carbocycles. The molecule has 4 atom stereocenters. The molecule has 1 saturated heterocycles. The van der Waals surface area contributed by atoms with Crippen molar-refractivity contribution in [2.24, 2.45) is 11.8 Å². The van der Waals surface area contributed by atoms with E-state index in [1.807, 2.05) is 13.0 Å². The number of carbonyl (C=O) groups is 2. The summed E-state index contributed by atoms with van der Waals surface area (Å²) in [4.78, 5) is 24.5. The lowest BCUT2D eigenvalue weighted by molar-refractivity contribution is -0.156. The van der Waals surface area contributed by atoms with Crippen molar-refractivity contribution >= 4 is 11.9 Å². The second-order valence-corrected chi connectivity index (χ2v) is 6.95. The summed E-state index contributed by atoms with van der Waals surface area (Å²) < 4.78 is 11.1. The van der Waals surface area contributed by atoms with E-state index in [2.05, 4.69) is 6.58 Å². The molecule has 2 rings (SSSR count). The number of aliphatic hydroxyl groups excluding tert-OH is 2. The van der Waals surface area contributed by atoms with Gasteiger partial charge in [-0.2, -0.15) is 0 Å². The molecule has 0 aromatic carbocycles. The number of fused-ring (bicyclic) bond motifs is 1. The number of allylic oxidation sites excluding steroid dienone is 1. The Hall–Kier alpha value is -1.92. The van der Waals surface area contributed by atoms with Crippen molar-refractivity contribution in [1.29, 1.82) is 0 Å². The maximum Gasteiger partial charge on any atom is 0.334 e. The monoisotopic (exact) mass is 364 g/mol. The molecule has 6 heteroatoms. The van der Waals surface area contributed by atoms with Crippen LogP contribution in [-0.2, 0) is 19.1 Å². The molecule has 0 aromatic rings. The molecular formula is C20H28O6. The zero-order chi connectivity index (χ0) is 19.3. The summed E-state index contributed by atoms with van der Waals surface area (Å²) in [6.45, 7) is 7.22. The molecule has 0 saturated carbocycles. The lowest BCUT2D eigenvalue weighted by Crippen LogP contribution is -2.35. The van der Waals surface area contributed by atoms with Crippen LogP contribution in [0.4, 0.5) is 0 Å². The van der Waals surface area contributed by atoms with Crippen LogP contribution >= 0.6 is 0 Å². The first-order chi connectivity index (χ1) is 12.4. The number of hydrogen-bond donors (Lipinski definition) is 2. The number of ether oxygens (including phenoxy) is 2. The van der Waals surface area contributed by atoms with E-state index in [1.165, 1.54) is 0 Å². The van der Waals surface area contributed by atoms with Gasteiger partial charge in [-0.05, 0) is 36.5 Å². The third-order valence-corrected chi connectivity index (χ3v) is 5.11. The molecule has 144 valence electrons. The van der Waals surface area contributed by atoms with Gasteiger partial charge in [0.15, 0.2) is 0 Å². The van der Waals surface area contributed by atoms with Gasteiger partial charge in [-0.15, -0.1) is 0 Å². The van der Waals surface area contributed by atoms with Gasteiger partial charge in [0, 0.05) is 12.0 Å². The highest BCUT2D eigenvalue weighted by atomic mass is 16.6. The number of hydrogen-bond acceptors (Lipinski definition) is 6. The zero-order valence-corrected chi connectivity index (χ0v) is 15.4. The third-order valence-electron chi connectivity index (χ3n) is 5.11. The second kappa shape index (κ2) is 9.14. The van der Waals surface area contributed by atoms with Crippen LogP contribution in [0.5, 0.6) is 0 Å². The fourth-order valence-corrected chi connectivity index (χ4v) is 3.23. The Bertz CT molecular complexity index is 618. The fraction of sp³-hybridized carbons (Fsp3) is 0.600. The molecule has 1 heterocycles. The molecule has 6 nitrogen and oxygen atoms in total. The number of carbonyl (C=O) groups excluding carboxylic acids is 2. The van der Waals surface area contributed by atoms with E-state index < -0.39 is 24.1 Å². The van der Waals surface area contributed by atoms with Crippen molar-refractivity contribution < 1.29 is 29.3 Å². The smallest absolute Gasteiger partial charge is 0.334 e. The molecule has 2 aliphatic rings. The first kappa shape index (κ1) is 20.4. The van der Waals surface area contributed by atoms with Gasteiger partial charge in [0.25, 0.3) is 0 Å². The minimum Gasteiger partial charge on any atom is -0.461 e. The van der Waals surface area contributed by atoms with E-state index >= 15 is 0 Å². The molecular weight excluding hydrogens is 336 g/mol. The Labute approximate surface area is 154 Å². The van der Waals surface area contributed by atoms with Gasteiger partial charge in [0.1, 0.15) is 12.2 Å². The standard InChI is InChI=1S/C20H28O6/c1-4-12(2)19(23)25-16-8-14(10-21)6-5-7-15(11-22)9-17-18(16)13(3)20(24)26-17/h6,9,12,16-18,21-22H,3-5,7-8,10-11H2,1-2H3/b14-6+,15-9+/t12-,16-,17-,18-/m1/s1. The normalized spacial score (nSPS) is 31.8. The van der Waals surface area contributed by atoms with Gasteiger partial charge in [-0.3, -0.25) is 4.79 Å². The van der Waals surface area contributed by atoms with E-state index in [0.717, 1.165) is 11.1 Å². The van der Waals surface area contributed by atoms with Crippen molar-refractivity contribution in [2.75, 3.05) is 13.2 Å². The molecule has 0 amide bonds. The van der Waals surface area contributed by atoms with Crippen LogP contribution < -0.4 is 0 Å². The van der Waals surface area contributed by atoms with Crippen LogP contribution in [0.2, 0.25) is 0 Å². The number of esters is 2. The van der Waals surface area contributed by atoms with E-state index in [1.54, 1.807) is 13.0 Å². The lowest BCUT2D eigenvalue weighted by Gasteiger charge is -2.28. The van der Waals surface area contributed by atoms with Crippen molar-refractivity contribution in [1.82, 2.24) is 0 Å². The maximum absolute atomic E-state index is 12.4. The summed E-state index contributed by atoms with van der Waals surface area (Å²) in [7, 11) is 0. The molecule has 0 unspecified atom stereocenters. The molecule has 0 spiro atoms. The minimum atomic E-state index is -0.659. The van der Waals surface area contributed by atoms with Crippen molar-refractivity contribution in [3.63, 3.8) is 0 Å². The van der Waals surface area contributed by atoms with Crippen LogP contribution in [0.3, 0.4) is 0 Å². The highest BCUT2D eigenvalue weighted by Gasteiger charge is 2.44. The molecule has 1 fully saturated rings. The van der Waals surface area contributed by atoms with Gasteiger partial charge in [0.2, 0.25) is 0 Å². The highest BCUT2D eigenvalue weighted by molar-refractivity contribution is 5.91. The van der Waals surface area contributed by atoms with Gasteiger partial charge in [-0.25, -0.2) is 4.79 Å². The first-order valence-electron chi connectivity index (χ1n) is 9.10. The fourth-order valence-electron chi connectivity index (χ4n) is 3.23. The van der Waals surface area contributed by atoms with Crippen LogP contribution in [0.25, 0.3) is 0 Å². The molecule has 2 N–H and O–H groups in total. The maximum atomic E-state index is 12.4. The Balaban J connectivity index is 2.40. The van der Waals surface area contributed by atoms with Gasteiger partial charge < -0.3 is 19.7 Å². The minimum absolute atomic E-state index is 0.146. The van der Waals surface area contributed by atoms with E-state index in [4.69, 9.17) is 9.47 Å². The predicted molar refractivity (Wildman–Crippen MR) is 96.0 cm³/mol. The molecule has 0 bridgehead atoms. The summed E-state index contributed by atoms with van der Waals surface area (Å²) in [6.07, 6.45) is 4.55. The average Bonchev–Trinajstić information content (AvgIpc) is 2.91. The first-order valence-corrected chi connectivity index (χ1v) is 9.10. The van der Waals surface area contributed by atoms with Crippen LogP contribution in [0.15, 0.2) is 35.5 Å². The summed E-state index contributed by atoms with van der Waals surface area (Å²) in [5.41, 5.74) is 1.73. The highest BCUT2D eigenvalue weighted by Crippen LogP contribution is 2.36. The SMILES string of the molecule is C=C1C(=O)O[C@@H]2/C=C(/CO)CC/C=C(/CO)C[C@@H](OC(=O)[C@H](C)CC)[C@@H]12. The number of rotatable bonds is 5. The molecule has 1 aliphatic heterocycles. The van der Waals surface area contributed by atoms with Crippen molar-refractivity contribution in [2.45, 2.75) is 51.7 Å². The summed E-state index contributed by atoms with van der Waals surface area (Å²) >= 11 is 0. The largest absolute Gasteiger partial charge is 0.461 e. The Morgan fingerprint density at radius 3 is 2.69 bits per heavy atom. The summed E-state index contributed by atoms with van der Waals surface area (Å²) in [5, 5.41) is 19.2. The van der Waals surface area contributed by atoms with Crippen molar-refractivity contribution in [3.8, 4) is 0 Å². The van der Waals surface area contributed by atoms with Crippen LogP contribution in [-0.4, -0.2) is 47.6 Å². The van der Waals surface area contributed by atoms with Crippen LogP contribution in [0.1, 0.15) is 39.5 Å². The molecule has 0 aromatic heterocycles. The third kappa shape index (κ3) is 4.62. The second-order valence-electron chi connectivity index (χ2n) is 6.95. The lowest BCUT2D eigenvalue weighted by atomic mass is 9.85. The Morgan fingerprint density at radius 1 is 1.38 bits per heavy atom. The predicted octanol–water partition coefficient (Wildman–Crippen LogP) is 2.06. The van der Waals surface area contributed by atoms with Crippen molar-refractivity contribution in [3.05, 3.63) is 35.5 Å². The van der Waals surface area contributed by atoms with Crippen LogP contribution in [0, 0.1) is 11.8 Å². The quantitative estimate of drug-likeness (QED) is 0.441. The van der Waals surface area contributed by atoms with E-state index in [9.17, 15) is 19.8 Å². The topological polar surface area (TPSA) is 93.1 Å². The zero-order valence-electron chi connectivity index (χ0n) is 15.4. The Kier molecular flexibility index (Phi) is 7.17. The van der Waals surface area contributed by atoms with Gasteiger partial charge in [0.05, 0.1) is 25.0 Å². The van der Waals surface area contributed by atoms with E-state index in [-0.39, 0.29) is 30.7 Å². The average molecular weight is 364 g/mol. The van der Waals surface area contributed by atoms with E-state index in [0.29, 0.717) is 25.7 Å². The Morgan fingerprint density at radius 2 is 2.08 bits per heavy atom. The summed E-state index contributed by atoms with van der Waals surface area (Å²) in [6, 6.07) is 0. The van der Waals surface area contributed by atoms with Gasteiger partial charge in [-0.1, -0.05) is 26.5 Å². The molecule has 26 heavy (non-hydrogen) atoms.